The summed E-state index contributed by atoms with van der Waals surface area (Å²) in [5.41, 5.74) is 2.23. The van der Waals surface area contributed by atoms with Crippen molar-refractivity contribution >= 4 is 49.5 Å². The van der Waals surface area contributed by atoms with Crippen LogP contribution in [0.2, 0.25) is 0 Å². The van der Waals surface area contributed by atoms with Crippen LogP contribution in [0.3, 0.4) is 0 Å². The Morgan fingerprint density at radius 2 is 2.04 bits per heavy atom. The van der Waals surface area contributed by atoms with E-state index in [4.69, 9.17) is 4.74 Å². The van der Waals surface area contributed by atoms with Crippen molar-refractivity contribution in [3.8, 4) is 0 Å². The number of nitrogens with zero attached hydrogens (tertiary/aromatic N) is 1. The van der Waals surface area contributed by atoms with E-state index < -0.39 is 5.60 Å². The highest BCUT2D eigenvalue weighted by Crippen LogP contribution is 2.30. The van der Waals surface area contributed by atoms with Crippen molar-refractivity contribution in [2.75, 3.05) is 10.6 Å². The number of ether oxygens (including phenoxy) is 1. The normalized spacial score (nSPS) is 15.0. The van der Waals surface area contributed by atoms with Gasteiger partial charge < -0.3 is 10.1 Å². The van der Waals surface area contributed by atoms with Gasteiger partial charge in [0.1, 0.15) is 5.60 Å². The van der Waals surface area contributed by atoms with E-state index in [0.717, 1.165) is 22.1 Å². The van der Waals surface area contributed by atoms with E-state index in [9.17, 15) is 9.59 Å². The highest BCUT2D eigenvalue weighted by Gasteiger charge is 2.29. The van der Waals surface area contributed by atoms with Crippen LogP contribution in [0.4, 0.5) is 10.5 Å². The molecular formula is C17H22Br2N2O3. The predicted octanol–water partition coefficient (Wildman–Crippen LogP) is 4.42. The van der Waals surface area contributed by atoms with Crippen LogP contribution in [0.25, 0.3) is 0 Å². The van der Waals surface area contributed by atoms with Crippen molar-refractivity contribution in [1.29, 1.82) is 0 Å². The van der Waals surface area contributed by atoms with Gasteiger partial charge in [0, 0.05) is 23.1 Å². The third kappa shape index (κ3) is 4.96. The van der Waals surface area contributed by atoms with Gasteiger partial charge in [0.2, 0.25) is 5.91 Å². The molecule has 2 amide bonds. The summed E-state index contributed by atoms with van der Waals surface area (Å²) in [6.45, 7) is 6.47. The van der Waals surface area contributed by atoms with Crippen LogP contribution in [0.1, 0.15) is 38.3 Å². The first-order chi connectivity index (χ1) is 11.2. The molecule has 0 aliphatic carbocycles. The van der Waals surface area contributed by atoms with Crippen molar-refractivity contribution in [3.05, 3.63) is 29.3 Å². The Kier molecular flexibility index (Phi) is 6.31. The summed E-state index contributed by atoms with van der Waals surface area (Å²) in [5.74, 6) is -0.0847. The quantitative estimate of drug-likeness (QED) is 0.675. The molecule has 5 nitrogen and oxygen atoms in total. The maximum Gasteiger partial charge on any atom is 0.410 e. The van der Waals surface area contributed by atoms with E-state index in [1.807, 2.05) is 39.0 Å². The van der Waals surface area contributed by atoms with E-state index in [2.05, 4.69) is 37.2 Å². The molecule has 0 aromatic heterocycles. The second-order valence-corrected chi connectivity index (χ2v) is 8.61. The number of rotatable bonds is 4. The molecule has 0 saturated heterocycles. The van der Waals surface area contributed by atoms with Crippen molar-refractivity contribution in [1.82, 2.24) is 4.90 Å². The molecule has 1 aromatic carbocycles. The SMILES string of the molecule is CC(C)(C)OC(=O)N1Cc2cccc(NC(=O)C(Br)CCBr)c2C1. The van der Waals surface area contributed by atoms with Gasteiger partial charge in [-0.15, -0.1) is 0 Å². The Hall–Kier alpha value is -1.08. The van der Waals surface area contributed by atoms with E-state index in [-0.39, 0.29) is 16.8 Å². The summed E-state index contributed by atoms with van der Waals surface area (Å²) in [4.78, 5) is 25.9. The van der Waals surface area contributed by atoms with E-state index in [0.29, 0.717) is 19.5 Å². The smallest absolute Gasteiger partial charge is 0.410 e. The first kappa shape index (κ1) is 19.2. The number of amides is 2. The zero-order valence-corrected chi connectivity index (χ0v) is 17.2. The van der Waals surface area contributed by atoms with Crippen LogP contribution in [-0.4, -0.2) is 32.7 Å². The first-order valence-corrected chi connectivity index (χ1v) is 9.84. The van der Waals surface area contributed by atoms with Crippen molar-refractivity contribution in [2.45, 2.75) is 50.7 Å². The summed E-state index contributed by atoms with van der Waals surface area (Å²) >= 11 is 6.72. The summed E-state index contributed by atoms with van der Waals surface area (Å²) in [6, 6.07) is 5.73. The Bertz CT molecular complexity index is 629. The zero-order valence-electron chi connectivity index (χ0n) is 14.1. The Labute approximate surface area is 159 Å². The number of nitrogens with one attached hydrogen (secondary N) is 1. The third-order valence-corrected chi connectivity index (χ3v) is 4.87. The third-order valence-electron chi connectivity index (χ3n) is 3.54. The molecule has 0 radical (unpaired) electrons. The molecular weight excluding hydrogens is 440 g/mol. The molecule has 1 aliphatic rings. The van der Waals surface area contributed by atoms with Crippen molar-refractivity contribution in [2.24, 2.45) is 0 Å². The number of fused-ring (bicyclic) bond motifs is 1. The average Bonchev–Trinajstić information content (AvgIpc) is 2.91. The van der Waals surface area contributed by atoms with Gasteiger partial charge in [-0.3, -0.25) is 9.69 Å². The monoisotopic (exact) mass is 460 g/mol. The van der Waals surface area contributed by atoms with Crippen LogP contribution < -0.4 is 5.32 Å². The van der Waals surface area contributed by atoms with Crippen LogP contribution in [0.15, 0.2) is 18.2 Å². The second kappa shape index (κ2) is 7.87. The van der Waals surface area contributed by atoms with E-state index >= 15 is 0 Å². The maximum atomic E-state index is 12.3. The fraction of sp³-hybridized carbons (Fsp3) is 0.529. The number of anilines is 1. The number of carbonyl (C=O) groups is 2. The van der Waals surface area contributed by atoms with Gasteiger partial charge in [-0.1, -0.05) is 44.0 Å². The Morgan fingerprint density at radius 1 is 1.33 bits per heavy atom. The van der Waals surface area contributed by atoms with Gasteiger partial charge in [-0.2, -0.15) is 0 Å². The van der Waals surface area contributed by atoms with E-state index in [1.165, 1.54) is 0 Å². The minimum atomic E-state index is -0.526. The molecule has 24 heavy (non-hydrogen) atoms. The lowest BCUT2D eigenvalue weighted by Gasteiger charge is -2.24. The Morgan fingerprint density at radius 3 is 2.67 bits per heavy atom. The van der Waals surface area contributed by atoms with Crippen LogP contribution in [0.5, 0.6) is 0 Å². The van der Waals surface area contributed by atoms with Gasteiger partial charge >= 0.3 is 6.09 Å². The minimum absolute atomic E-state index is 0.0847. The highest BCUT2D eigenvalue weighted by atomic mass is 79.9. The number of alkyl halides is 2. The molecule has 2 rings (SSSR count). The molecule has 0 fully saturated rings. The standard InChI is InChI=1S/C17H22Br2N2O3/c1-17(2,3)24-16(23)21-9-11-5-4-6-14(12(11)10-21)20-15(22)13(19)7-8-18/h4-6,13H,7-10H2,1-3H3,(H,20,22). The van der Waals surface area contributed by atoms with Gasteiger partial charge in [-0.05, 0) is 38.8 Å². The molecule has 0 saturated carbocycles. The minimum Gasteiger partial charge on any atom is -0.444 e. The van der Waals surface area contributed by atoms with Crippen molar-refractivity contribution in [3.63, 3.8) is 0 Å². The number of halogens is 2. The Balaban J connectivity index is 2.10. The summed E-state index contributed by atoms with van der Waals surface area (Å²) in [7, 11) is 0. The lowest BCUT2D eigenvalue weighted by atomic mass is 10.1. The van der Waals surface area contributed by atoms with Gasteiger partial charge in [0.05, 0.1) is 11.4 Å². The van der Waals surface area contributed by atoms with Crippen molar-refractivity contribution < 1.29 is 14.3 Å². The molecule has 0 bridgehead atoms. The maximum absolute atomic E-state index is 12.3. The zero-order chi connectivity index (χ0) is 17.9. The molecule has 132 valence electrons. The number of carbonyl (C=O) groups excluding carboxylic acids is 2. The fourth-order valence-corrected chi connectivity index (χ4v) is 3.85. The molecule has 0 spiro atoms. The topological polar surface area (TPSA) is 58.6 Å². The van der Waals surface area contributed by atoms with Gasteiger partial charge in [0.15, 0.2) is 0 Å². The molecule has 1 N–H and O–H groups in total. The highest BCUT2D eigenvalue weighted by molar-refractivity contribution is 9.10. The van der Waals surface area contributed by atoms with Crippen LogP contribution in [-0.2, 0) is 22.6 Å². The number of benzene rings is 1. The molecule has 1 aliphatic heterocycles. The lowest BCUT2D eigenvalue weighted by molar-refractivity contribution is -0.115. The number of hydrogen-bond acceptors (Lipinski definition) is 3. The molecule has 1 atom stereocenters. The van der Waals surface area contributed by atoms with Gasteiger partial charge in [0.25, 0.3) is 0 Å². The lowest BCUT2D eigenvalue weighted by Crippen LogP contribution is -2.33. The largest absolute Gasteiger partial charge is 0.444 e. The first-order valence-electron chi connectivity index (χ1n) is 7.81. The second-order valence-electron chi connectivity index (χ2n) is 6.71. The number of hydrogen-bond donors (Lipinski definition) is 1. The molecule has 7 heteroatoms. The fourth-order valence-electron chi connectivity index (χ4n) is 2.43. The molecule has 1 unspecified atom stereocenters. The average molecular weight is 462 g/mol. The summed E-state index contributed by atoms with van der Waals surface area (Å²) in [6.07, 6.45) is 0.360. The predicted molar refractivity (Wildman–Crippen MR) is 102 cm³/mol. The van der Waals surface area contributed by atoms with Gasteiger partial charge in [-0.25, -0.2) is 4.79 Å². The molecule has 1 aromatic rings. The van der Waals surface area contributed by atoms with Crippen LogP contribution in [0, 0.1) is 0 Å². The summed E-state index contributed by atoms with van der Waals surface area (Å²) < 4.78 is 5.43. The summed E-state index contributed by atoms with van der Waals surface area (Å²) in [5, 5.41) is 3.69. The van der Waals surface area contributed by atoms with E-state index in [1.54, 1.807) is 4.90 Å². The van der Waals surface area contributed by atoms with Crippen LogP contribution >= 0.6 is 31.9 Å². The molecule has 1 heterocycles.